The van der Waals surface area contributed by atoms with Crippen molar-refractivity contribution in [2.75, 3.05) is 32.7 Å². The van der Waals surface area contributed by atoms with Crippen LogP contribution in [0.15, 0.2) is 0 Å². The van der Waals surface area contributed by atoms with Crippen molar-refractivity contribution in [3.05, 3.63) is 0 Å². The van der Waals surface area contributed by atoms with Crippen molar-refractivity contribution < 1.29 is 4.79 Å². The Hall–Kier alpha value is -0.570. The van der Waals surface area contributed by atoms with Crippen LogP contribution in [-0.2, 0) is 4.79 Å². The standard InChI is InChI=1S/C19H30N2O/c22-18-17-13-20(9-14-3-4-14)11-16(19(17)7-1-2-8-19)12-21(18)10-15-5-6-15/h14-17H,1-13H2. The normalized spacial score (nSPS) is 38.0. The first-order valence-corrected chi connectivity index (χ1v) is 9.76. The van der Waals surface area contributed by atoms with Crippen LogP contribution in [0.1, 0.15) is 51.4 Å². The first kappa shape index (κ1) is 13.8. The summed E-state index contributed by atoms with van der Waals surface area (Å²) in [6.45, 7) is 5.78. The molecule has 0 N–H and O–H groups in total. The molecule has 5 aliphatic rings. The lowest BCUT2D eigenvalue weighted by Crippen LogP contribution is -2.65. The number of hydrogen-bond acceptors (Lipinski definition) is 2. The molecule has 2 bridgehead atoms. The van der Waals surface area contributed by atoms with E-state index in [0.29, 0.717) is 17.2 Å². The van der Waals surface area contributed by atoms with Gasteiger partial charge in [0.15, 0.2) is 0 Å². The van der Waals surface area contributed by atoms with Gasteiger partial charge in [-0.25, -0.2) is 0 Å². The minimum Gasteiger partial charge on any atom is -0.342 e. The van der Waals surface area contributed by atoms with Crippen LogP contribution in [0, 0.1) is 29.1 Å². The van der Waals surface area contributed by atoms with E-state index in [1.807, 2.05) is 0 Å². The Morgan fingerprint density at radius 1 is 0.909 bits per heavy atom. The molecule has 5 fully saturated rings. The molecule has 3 nitrogen and oxygen atoms in total. The summed E-state index contributed by atoms with van der Waals surface area (Å²) in [5, 5.41) is 0. The van der Waals surface area contributed by atoms with E-state index in [1.54, 1.807) is 0 Å². The Labute approximate surface area is 134 Å². The molecule has 2 atom stereocenters. The second kappa shape index (κ2) is 4.96. The van der Waals surface area contributed by atoms with Gasteiger partial charge in [-0.15, -0.1) is 0 Å². The zero-order chi connectivity index (χ0) is 14.7. The highest BCUT2D eigenvalue weighted by atomic mass is 16.2. The van der Waals surface area contributed by atoms with Crippen molar-refractivity contribution >= 4 is 5.91 Å². The average molecular weight is 302 g/mol. The van der Waals surface area contributed by atoms with Gasteiger partial charge in [0.1, 0.15) is 0 Å². The van der Waals surface area contributed by atoms with Gasteiger partial charge in [-0.3, -0.25) is 4.79 Å². The Balaban J connectivity index is 1.39. The highest BCUT2D eigenvalue weighted by Crippen LogP contribution is 2.56. The molecule has 3 aliphatic carbocycles. The fourth-order valence-electron chi connectivity index (χ4n) is 5.81. The van der Waals surface area contributed by atoms with E-state index in [9.17, 15) is 4.79 Å². The molecule has 1 spiro atoms. The predicted octanol–water partition coefficient (Wildman–Crippen LogP) is 2.76. The van der Waals surface area contributed by atoms with Crippen molar-refractivity contribution in [1.29, 1.82) is 0 Å². The summed E-state index contributed by atoms with van der Waals surface area (Å²) in [6, 6.07) is 0. The van der Waals surface area contributed by atoms with E-state index in [-0.39, 0.29) is 0 Å². The van der Waals surface area contributed by atoms with Gasteiger partial charge in [-0.1, -0.05) is 12.8 Å². The van der Waals surface area contributed by atoms with Crippen LogP contribution in [0.3, 0.4) is 0 Å². The molecule has 0 radical (unpaired) electrons. The zero-order valence-corrected chi connectivity index (χ0v) is 13.8. The summed E-state index contributed by atoms with van der Waals surface area (Å²) < 4.78 is 0. The van der Waals surface area contributed by atoms with Crippen molar-refractivity contribution in [3.63, 3.8) is 0 Å². The number of likely N-dealkylation sites (tertiary alicyclic amines) is 2. The number of carbonyl (C=O) groups is 1. The molecule has 2 aliphatic heterocycles. The highest BCUT2D eigenvalue weighted by Gasteiger charge is 2.58. The van der Waals surface area contributed by atoms with Crippen LogP contribution in [0.2, 0.25) is 0 Å². The molecule has 22 heavy (non-hydrogen) atoms. The van der Waals surface area contributed by atoms with E-state index >= 15 is 0 Å². The first-order valence-electron chi connectivity index (χ1n) is 9.76. The summed E-state index contributed by atoms with van der Waals surface area (Å²) in [7, 11) is 0. The van der Waals surface area contributed by atoms with Gasteiger partial charge >= 0.3 is 0 Å². The molecular formula is C19H30N2O. The fourth-order valence-corrected chi connectivity index (χ4v) is 5.81. The van der Waals surface area contributed by atoms with Gasteiger partial charge in [0.25, 0.3) is 0 Å². The lowest BCUT2D eigenvalue weighted by Gasteiger charge is -2.56. The van der Waals surface area contributed by atoms with Crippen LogP contribution >= 0.6 is 0 Å². The number of hydrogen-bond donors (Lipinski definition) is 0. The number of rotatable bonds is 4. The monoisotopic (exact) mass is 302 g/mol. The van der Waals surface area contributed by atoms with Gasteiger partial charge in [-0.05, 0) is 61.7 Å². The van der Waals surface area contributed by atoms with Crippen LogP contribution in [0.25, 0.3) is 0 Å². The van der Waals surface area contributed by atoms with Gasteiger partial charge in [0, 0.05) is 32.7 Å². The molecule has 5 rings (SSSR count). The second-order valence-electron chi connectivity index (χ2n) is 9.04. The lowest BCUT2D eigenvalue weighted by molar-refractivity contribution is -0.162. The third kappa shape index (κ3) is 2.23. The molecule has 0 aromatic carbocycles. The summed E-state index contributed by atoms with van der Waals surface area (Å²) in [4.78, 5) is 18.2. The lowest BCUT2D eigenvalue weighted by atomic mass is 9.59. The van der Waals surface area contributed by atoms with E-state index < -0.39 is 0 Å². The highest BCUT2D eigenvalue weighted by molar-refractivity contribution is 5.81. The Morgan fingerprint density at radius 2 is 1.59 bits per heavy atom. The van der Waals surface area contributed by atoms with E-state index in [1.165, 1.54) is 64.5 Å². The summed E-state index contributed by atoms with van der Waals surface area (Å²) in [6.07, 6.45) is 11.0. The van der Waals surface area contributed by atoms with Gasteiger partial charge in [0.05, 0.1) is 5.92 Å². The summed E-state index contributed by atoms with van der Waals surface area (Å²) >= 11 is 0. The van der Waals surface area contributed by atoms with E-state index in [4.69, 9.17) is 0 Å². The maximum absolute atomic E-state index is 13.2. The van der Waals surface area contributed by atoms with Crippen molar-refractivity contribution in [1.82, 2.24) is 9.80 Å². The Morgan fingerprint density at radius 3 is 2.27 bits per heavy atom. The number of nitrogens with zero attached hydrogens (tertiary/aromatic N) is 2. The van der Waals surface area contributed by atoms with Crippen LogP contribution in [0.4, 0.5) is 0 Å². The predicted molar refractivity (Wildman–Crippen MR) is 86.3 cm³/mol. The van der Waals surface area contributed by atoms with Crippen molar-refractivity contribution in [2.24, 2.45) is 29.1 Å². The number of piperidine rings is 2. The zero-order valence-electron chi connectivity index (χ0n) is 13.8. The van der Waals surface area contributed by atoms with Crippen LogP contribution < -0.4 is 0 Å². The summed E-state index contributed by atoms with van der Waals surface area (Å²) in [5.41, 5.74) is 0.400. The Bertz CT molecular complexity index is 462. The molecule has 122 valence electrons. The van der Waals surface area contributed by atoms with Crippen molar-refractivity contribution in [3.8, 4) is 0 Å². The molecule has 1 amide bonds. The molecule has 2 heterocycles. The summed E-state index contributed by atoms with van der Waals surface area (Å²) in [5.74, 6) is 3.43. The molecule has 2 saturated heterocycles. The third-order valence-corrected chi connectivity index (χ3v) is 7.40. The molecule has 3 heteroatoms. The number of carbonyl (C=O) groups excluding carboxylic acids is 1. The second-order valence-corrected chi connectivity index (χ2v) is 9.04. The van der Waals surface area contributed by atoms with Crippen LogP contribution in [-0.4, -0.2) is 48.4 Å². The maximum Gasteiger partial charge on any atom is 0.227 e. The maximum atomic E-state index is 13.2. The van der Waals surface area contributed by atoms with Crippen molar-refractivity contribution in [2.45, 2.75) is 51.4 Å². The molecule has 0 aromatic heterocycles. The Kier molecular flexibility index (Phi) is 3.12. The molecular weight excluding hydrogens is 272 g/mol. The molecule has 3 saturated carbocycles. The average Bonchev–Trinajstić information content (AvgIpc) is 3.42. The quantitative estimate of drug-likeness (QED) is 0.797. The van der Waals surface area contributed by atoms with Gasteiger partial charge < -0.3 is 9.80 Å². The van der Waals surface area contributed by atoms with E-state index in [2.05, 4.69) is 9.80 Å². The third-order valence-electron chi connectivity index (χ3n) is 7.40. The minimum atomic E-state index is 0.333. The largest absolute Gasteiger partial charge is 0.342 e. The first-order chi connectivity index (χ1) is 10.7. The topological polar surface area (TPSA) is 23.6 Å². The van der Waals surface area contributed by atoms with Gasteiger partial charge in [-0.2, -0.15) is 0 Å². The number of amides is 1. The van der Waals surface area contributed by atoms with E-state index in [0.717, 1.165) is 37.4 Å². The SMILES string of the molecule is O=C1C2CN(CC3CC3)CC(CN1CC1CC1)C21CCCC1. The molecule has 0 aromatic rings. The fraction of sp³-hybridized carbons (Fsp3) is 0.947. The smallest absolute Gasteiger partial charge is 0.227 e. The van der Waals surface area contributed by atoms with Gasteiger partial charge in [0.2, 0.25) is 5.91 Å². The molecule has 2 unspecified atom stereocenters. The minimum absolute atomic E-state index is 0.333. The van der Waals surface area contributed by atoms with Crippen LogP contribution in [0.5, 0.6) is 0 Å².